The summed E-state index contributed by atoms with van der Waals surface area (Å²) in [7, 11) is 0. The molecule has 1 amide bonds. The van der Waals surface area contributed by atoms with Crippen LogP contribution in [-0.4, -0.2) is 29.9 Å². The summed E-state index contributed by atoms with van der Waals surface area (Å²) in [5, 5.41) is 10.4. The number of Topliss-reactive ketones (excluding diaryl/α,β-unsaturated/α-hetero) is 1. The summed E-state index contributed by atoms with van der Waals surface area (Å²) in [6, 6.07) is 0. The number of hydrogen-bond donors (Lipinski definition) is 2. The number of amides is 1. The maximum absolute atomic E-state index is 10.3. The van der Waals surface area contributed by atoms with E-state index in [1.807, 2.05) is 0 Å². The van der Waals surface area contributed by atoms with Crippen molar-refractivity contribution < 1.29 is 14.7 Å². The molecule has 0 atom stereocenters. The largest absolute Gasteiger partial charge is 0.389 e. The molecule has 4 heteroatoms. The Hall–Kier alpha value is -0.900. The Balaban J connectivity index is 3.28. The van der Waals surface area contributed by atoms with Crippen molar-refractivity contribution in [3.63, 3.8) is 0 Å². The minimum atomic E-state index is -0.514. The third kappa shape index (κ3) is 4.96. The van der Waals surface area contributed by atoms with Crippen LogP contribution in [0.3, 0.4) is 0 Å². The van der Waals surface area contributed by atoms with Gasteiger partial charge < -0.3 is 10.4 Å². The molecule has 0 bridgehead atoms. The van der Waals surface area contributed by atoms with E-state index in [2.05, 4.69) is 5.32 Å². The van der Waals surface area contributed by atoms with E-state index in [0.717, 1.165) is 0 Å². The molecule has 0 saturated heterocycles. The first kappa shape index (κ1) is 8.10. The van der Waals surface area contributed by atoms with Crippen molar-refractivity contribution in [3.05, 3.63) is 0 Å². The van der Waals surface area contributed by atoms with E-state index in [1.54, 1.807) is 0 Å². The second-order valence-electron chi connectivity index (χ2n) is 1.61. The Bertz CT molecular complexity index is 121. The van der Waals surface area contributed by atoms with Crippen LogP contribution in [0.15, 0.2) is 0 Å². The van der Waals surface area contributed by atoms with E-state index in [9.17, 15) is 9.59 Å². The van der Waals surface area contributed by atoms with Crippen LogP contribution in [0, 0.1) is 0 Å². The molecule has 0 heterocycles. The van der Waals surface area contributed by atoms with E-state index in [-0.39, 0.29) is 18.2 Å². The molecule has 0 spiro atoms. The normalized spacial score (nSPS) is 8.67. The Morgan fingerprint density at radius 3 is 2.44 bits per heavy atom. The second-order valence-corrected chi connectivity index (χ2v) is 1.61. The van der Waals surface area contributed by atoms with Crippen molar-refractivity contribution in [1.82, 2.24) is 5.32 Å². The Morgan fingerprint density at radius 2 is 2.11 bits per heavy atom. The van der Waals surface area contributed by atoms with Gasteiger partial charge in [0.15, 0.2) is 5.78 Å². The Kier molecular flexibility index (Phi) is 3.62. The number of hydrogen-bond acceptors (Lipinski definition) is 3. The average molecular weight is 131 g/mol. The quantitative estimate of drug-likeness (QED) is 0.499. The van der Waals surface area contributed by atoms with E-state index >= 15 is 0 Å². The van der Waals surface area contributed by atoms with Gasteiger partial charge in [0.05, 0.1) is 6.54 Å². The zero-order chi connectivity index (χ0) is 7.28. The lowest BCUT2D eigenvalue weighted by molar-refractivity contribution is -0.125. The highest BCUT2D eigenvalue weighted by atomic mass is 16.3. The molecule has 0 saturated carbocycles. The third-order valence-corrected chi connectivity index (χ3v) is 0.711. The van der Waals surface area contributed by atoms with E-state index in [0.29, 0.717) is 0 Å². The highest BCUT2D eigenvalue weighted by Crippen LogP contribution is 1.65. The SMILES string of the molecule is CC(=O)NCC(=O)CO. The summed E-state index contributed by atoms with van der Waals surface area (Å²) >= 11 is 0. The fourth-order valence-corrected chi connectivity index (χ4v) is 0.279. The van der Waals surface area contributed by atoms with Crippen molar-refractivity contribution in [2.45, 2.75) is 6.92 Å². The summed E-state index contributed by atoms with van der Waals surface area (Å²) in [5.41, 5.74) is 0. The number of nitrogens with one attached hydrogen (secondary N) is 1. The number of rotatable bonds is 3. The standard InChI is InChI=1S/C5H9NO3/c1-4(8)6-2-5(9)3-7/h7H,2-3H2,1H3,(H,6,8). The third-order valence-electron chi connectivity index (χ3n) is 0.711. The molecule has 2 N–H and O–H groups in total. The molecule has 9 heavy (non-hydrogen) atoms. The summed E-state index contributed by atoms with van der Waals surface area (Å²) in [4.78, 5) is 20.4. The molecule has 0 aliphatic carbocycles. The zero-order valence-electron chi connectivity index (χ0n) is 5.18. The molecular formula is C5H9NO3. The molecule has 0 rings (SSSR count). The van der Waals surface area contributed by atoms with Crippen molar-refractivity contribution in [2.24, 2.45) is 0 Å². The number of aliphatic hydroxyl groups is 1. The number of aliphatic hydroxyl groups excluding tert-OH is 1. The van der Waals surface area contributed by atoms with Gasteiger partial charge in [-0.15, -0.1) is 0 Å². The molecule has 0 radical (unpaired) electrons. The maximum Gasteiger partial charge on any atom is 0.217 e. The molecule has 0 unspecified atom stereocenters. The fraction of sp³-hybridized carbons (Fsp3) is 0.600. The van der Waals surface area contributed by atoms with Crippen LogP contribution in [0.5, 0.6) is 0 Å². The molecule has 0 fully saturated rings. The van der Waals surface area contributed by atoms with Crippen molar-refractivity contribution in [1.29, 1.82) is 0 Å². The van der Waals surface area contributed by atoms with E-state index in [4.69, 9.17) is 5.11 Å². The van der Waals surface area contributed by atoms with Crippen LogP contribution in [0.1, 0.15) is 6.92 Å². The molecule has 0 aromatic carbocycles. The highest BCUT2D eigenvalue weighted by molar-refractivity contribution is 5.85. The molecular weight excluding hydrogens is 122 g/mol. The van der Waals surface area contributed by atoms with Crippen LogP contribution in [0.2, 0.25) is 0 Å². The van der Waals surface area contributed by atoms with E-state index < -0.39 is 6.61 Å². The van der Waals surface area contributed by atoms with Gasteiger partial charge in [-0.3, -0.25) is 9.59 Å². The first-order chi connectivity index (χ1) is 4.16. The lowest BCUT2D eigenvalue weighted by atomic mass is 10.4. The van der Waals surface area contributed by atoms with E-state index in [1.165, 1.54) is 6.92 Å². The average Bonchev–Trinajstić information content (AvgIpc) is 1.83. The number of carbonyl (C=O) groups is 2. The number of carbonyl (C=O) groups excluding carboxylic acids is 2. The second kappa shape index (κ2) is 4.03. The van der Waals surface area contributed by atoms with Crippen LogP contribution in [-0.2, 0) is 9.59 Å². The summed E-state index contributed by atoms with van der Waals surface area (Å²) < 4.78 is 0. The summed E-state index contributed by atoms with van der Waals surface area (Å²) in [5.74, 6) is -0.651. The first-order valence-electron chi connectivity index (χ1n) is 2.54. The van der Waals surface area contributed by atoms with Crippen LogP contribution < -0.4 is 5.32 Å². The van der Waals surface area contributed by atoms with Gasteiger partial charge in [0.25, 0.3) is 0 Å². The van der Waals surface area contributed by atoms with Gasteiger partial charge >= 0.3 is 0 Å². The van der Waals surface area contributed by atoms with Gasteiger partial charge in [0, 0.05) is 6.92 Å². The minimum absolute atomic E-state index is 0.0775. The predicted octanol–water partition coefficient (Wildman–Crippen LogP) is -1.32. The van der Waals surface area contributed by atoms with Gasteiger partial charge in [-0.25, -0.2) is 0 Å². The van der Waals surface area contributed by atoms with Gasteiger partial charge in [-0.1, -0.05) is 0 Å². The fourth-order valence-electron chi connectivity index (χ4n) is 0.279. The lowest BCUT2D eigenvalue weighted by Crippen LogP contribution is -2.28. The monoisotopic (exact) mass is 131 g/mol. The van der Waals surface area contributed by atoms with Crippen molar-refractivity contribution in [3.8, 4) is 0 Å². The van der Waals surface area contributed by atoms with Gasteiger partial charge in [-0.05, 0) is 0 Å². The lowest BCUT2D eigenvalue weighted by Gasteiger charge is -1.95. The minimum Gasteiger partial charge on any atom is -0.389 e. The molecule has 52 valence electrons. The molecule has 0 aliphatic rings. The highest BCUT2D eigenvalue weighted by Gasteiger charge is 1.97. The summed E-state index contributed by atoms with van der Waals surface area (Å²) in [6.07, 6.45) is 0. The van der Waals surface area contributed by atoms with Crippen LogP contribution in [0.25, 0.3) is 0 Å². The maximum atomic E-state index is 10.3. The number of ketones is 1. The zero-order valence-corrected chi connectivity index (χ0v) is 5.18. The van der Waals surface area contributed by atoms with Crippen molar-refractivity contribution >= 4 is 11.7 Å². The van der Waals surface area contributed by atoms with Crippen LogP contribution in [0.4, 0.5) is 0 Å². The van der Waals surface area contributed by atoms with Crippen molar-refractivity contribution in [2.75, 3.05) is 13.2 Å². The topological polar surface area (TPSA) is 66.4 Å². The van der Waals surface area contributed by atoms with Gasteiger partial charge in [0.1, 0.15) is 6.61 Å². The smallest absolute Gasteiger partial charge is 0.217 e. The molecule has 4 nitrogen and oxygen atoms in total. The Morgan fingerprint density at radius 1 is 1.56 bits per heavy atom. The Labute approximate surface area is 52.9 Å². The predicted molar refractivity (Wildman–Crippen MR) is 30.8 cm³/mol. The molecule has 0 aliphatic heterocycles. The van der Waals surface area contributed by atoms with Gasteiger partial charge in [-0.2, -0.15) is 0 Å². The van der Waals surface area contributed by atoms with Gasteiger partial charge in [0.2, 0.25) is 5.91 Å². The molecule has 0 aromatic heterocycles. The summed E-state index contributed by atoms with van der Waals surface area (Å²) in [6.45, 7) is 0.719. The first-order valence-corrected chi connectivity index (χ1v) is 2.54. The van der Waals surface area contributed by atoms with Crippen LogP contribution >= 0.6 is 0 Å². The molecule has 0 aromatic rings.